The fourth-order valence-corrected chi connectivity index (χ4v) is 1.51. The van der Waals surface area contributed by atoms with Crippen LogP contribution in [0.5, 0.6) is 5.75 Å². The summed E-state index contributed by atoms with van der Waals surface area (Å²) in [4.78, 5) is 11.3. The number of benzene rings is 1. The Morgan fingerprint density at radius 2 is 1.94 bits per heavy atom. The van der Waals surface area contributed by atoms with E-state index < -0.39 is 11.6 Å². The quantitative estimate of drug-likeness (QED) is 0.824. The van der Waals surface area contributed by atoms with Crippen molar-refractivity contribution in [3.05, 3.63) is 30.3 Å². The highest BCUT2D eigenvalue weighted by Gasteiger charge is 2.35. The molecule has 0 bridgehead atoms. The predicted molar refractivity (Wildman–Crippen MR) is 67.2 cm³/mol. The SMILES string of the molecule is CC(C)CCC(C)(Oc1ccccc1)C(=O)O. The maximum absolute atomic E-state index is 11.3. The van der Waals surface area contributed by atoms with Crippen LogP contribution < -0.4 is 4.74 Å². The van der Waals surface area contributed by atoms with Crippen LogP contribution >= 0.6 is 0 Å². The van der Waals surface area contributed by atoms with E-state index in [2.05, 4.69) is 13.8 Å². The number of hydrogen-bond donors (Lipinski definition) is 1. The topological polar surface area (TPSA) is 46.5 Å². The van der Waals surface area contributed by atoms with Gasteiger partial charge in [-0.2, -0.15) is 0 Å². The lowest BCUT2D eigenvalue weighted by atomic mass is 9.95. The van der Waals surface area contributed by atoms with E-state index in [1.165, 1.54) is 0 Å². The molecule has 1 aromatic rings. The highest BCUT2D eigenvalue weighted by Crippen LogP contribution is 2.24. The van der Waals surface area contributed by atoms with Crippen molar-refractivity contribution in [2.24, 2.45) is 5.92 Å². The molecule has 94 valence electrons. The molecule has 0 aromatic heterocycles. The second-order valence-electron chi connectivity index (χ2n) is 4.88. The van der Waals surface area contributed by atoms with Gasteiger partial charge in [-0.15, -0.1) is 0 Å². The Balaban J connectivity index is 2.75. The Morgan fingerprint density at radius 3 is 2.41 bits per heavy atom. The van der Waals surface area contributed by atoms with Gasteiger partial charge in [-0.1, -0.05) is 32.0 Å². The third kappa shape index (κ3) is 4.10. The van der Waals surface area contributed by atoms with Gasteiger partial charge in [0.05, 0.1) is 0 Å². The van der Waals surface area contributed by atoms with Gasteiger partial charge in [-0.25, -0.2) is 4.79 Å². The smallest absolute Gasteiger partial charge is 0.347 e. The van der Waals surface area contributed by atoms with Gasteiger partial charge >= 0.3 is 5.97 Å². The average molecular weight is 236 g/mol. The molecule has 0 saturated carbocycles. The van der Waals surface area contributed by atoms with E-state index in [0.717, 1.165) is 6.42 Å². The van der Waals surface area contributed by atoms with Crippen molar-refractivity contribution < 1.29 is 14.6 Å². The largest absolute Gasteiger partial charge is 0.478 e. The Kier molecular flexibility index (Phi) is 4.55. The molecule has 0 spiro atoms. The number of carboxylic acid groups (broad SMARTS) is 1. The number of ether oxygens (including phenoxy) is 1. The summed E-state index contributed by atoms with van der Waals surface area (Å²) in [5, 5.41) is 9.28. The summed E-state index contributed by atoms with van der Waals surface area (Å²) in [5.74, 6) is 0.149. The number of carboxylic acids is 1. The minimum atomic E-state index is -1.15. The number of carbonyl (C=O) groups is 1. The molecule has 1 aromatic carbocycles. The molecule has 0 saturated heterocycles. The highest BCUT2D eigenvalue weighted by molar-refractivity contribution is 5.77. The second kappa shape index (κ2) is 5.71. The average Bonchev–Trinajstić information content (AvgIpc) is 2.27. The molecule has 0 aliphatic heterocycles. The first-order valence-corrected chi connectivity index (χ1v) is 5.91. The lowest BCUT2D eigenvalue weighted by Gasteiger charge is -2.27. The first kappa shape index (κ1) is 13.6. The molecular formula is C14H20O3. The molecule has 1 rings (SSSR count). The zero-order valence-electron chi connectivity index (χ0n) is 10.6. The van der Waals surface area contributed by atoms with Crippen LogP contribution in [0.2, 0.25) is 0 Å². The van der Waals surface area contributed by atoms with Crippen molar-refractivity contribution in [2.75, 3.05) is 0 Å². The molecule has 1 unspecified atom stereocenters. The van der Waals surface area contributed by atoms with Gasteiger partial charge in [0.15, 0.2) is 0 Å². The minimum absolute atomic E-state index is 0.466. The maximum atomic E-state index is 11.3. The summed E-state index contributed by atoms with van der Waals surface area (Å²) in [7, 11) is 0. The van der Waals surface area contributed by atoms with Gasteiger partial charge in [0.25, 0.3) is 0 Å². The van der Waals surface area contributed by atoms with Gasteiger partial charge < -0.3 is 9.84 Å². The van der Waals surface area contributed by atoms with Gasteiger partial charge in [0, 0.05) is 0 Å². The van der Waals surface area contributed by atoms with Crippen molar-refractivity contribution in [3.63, 3.8) is 0 Å². The summed E-state index contributed by atoms with van der Waals surface area (Å²) in [6, 6.07) is 9.09. The zero-order valence-corrected chi connectivity index (χ0v) is 10.6. The van der Waals surface area contributed by atoms with E-state index in [0.29, 0.717) is 18.1 Å². The standard InChI is InChI=1S/C14H20O3/c1-11(2)9-10-14(3,13(15)16)17-12-7-5-4-6-8-12/h4-8,11H,9-10H2,1-3H3,(H,15,16). The lowest BCUT2D eigenvalue weighted by Crippen LogP contribution is -2.41. The van der Waals surface area contributed by atoms with Crippen molar-refractivity contribution in [1.29, 1.82) is 0 Å². The predicted octanol–water partition coefficient (Wildman–Crippen LogP) is 3.34. The van der Waals surface area contributed by atoms with Crippen LogP contribution in [0.3, 0.4) is 0 Å². The summed E-state index contributed by atoms with van der Waals surface area (Å²) in [5.41, 5.74) is -1.15. The van der Waals surface area contributed by atoms with E-state index >= 15 is 0 Å². The van der Waals surface area contributed by atoms with Crippen LogP contribution in [0.25, 0.3) is 0 Å². The fraction of sp³-hybridized carbons (Fsp3) is 0.500. The van der Waals surface area contributed by atoms with Crippen molar-refractivity contribution in [2.45, 2.75) is 39.2 Å². The normalized spacial score (nSPS) is 14.4. The van der Waals surface area contributed by atoms with Crippen LogP contribution in [0.4, 0.5) is 0 Å². The molecule has 1 N–H and O–H groups in total. The van der Waals surface area contributed by atoms with Crippen LogP contribution in [0.15, 0.2) is 30.3 Å². The number of para-hydroxylation sites is 1. The number of aliphatic carboxylic acids is 1. The van der Waals surface area contributed by atoms with Crippen molar-refractivity contribution >= 4 is 5.97 Å². The molecule has 0 heterocycles. The Labute approximate surface area is 102 Å². The van der Waals surface area contributed by atoms with Gasteiger partial charge in [0.2, 0.25) is 5.60 Å². The molecule has 0 radical (unpaired) electrons. The third-order valence-corrected chi connectivity index (χ3v) is 2.74. The summed E-state index contributed by atoms with van der Waals surface area (Å²) in [6.45, 7) is 5.78. The monoisotopic (exact) mass is 236 g/mol. The summed E-state index contributed by atoms with van der Waals surface area (Å²) >= 11 is 0. The van der Waals surface area contributed by atoms with E-state index in [1.807, 2.05) is 18.2 Å². The Morgan fingerprint density at radius 1 is 1.35 bits per heavy atom. The van der Waals surface area contributed by atoms with Crippen LogP contribution in [-0.2, 0) is 4.79 Å². The second-order valence-corrected chi connectivity index (χ2v) is 4.88. The van der Waals surface area contributed by atoms with E-state index in [-0.39, 0.29) is 0 Å². The summed E-state index contributed by atoms with van der Waals surface area (Å²) < 4.78 is 5.61. The Hall–Kier alpha value is -1.51. The lowest BCUT2D eigenvalue weighted by molar-refractivity contribution is -0.154. The fourth-order valence-electron chi connectivity index (χ4n) is 1.51. The molecule has 0 fully saturated rings. The van der Waals surface area contributed by atoms with E-state index in [4.69, 9.17) is 4.74 Å². The van der Waals surface area contributed by atoms with Crippen molar-refractivity contribution in [3.8, 4) is 5.75 Å². The molecule has 0 aliphatic carbocycles. The molecule has 3 heteroatoms. The summed E-state index contributed by atoms with van der Waals surface area (Å²) in [6.07, 6.45) is 1.34. The van der Waals surface area contributed by atoms with Crippen LogP contribution in [-0.4, -0.2) is 16.7 Å². The zero-order chi connectivity index (χ0) is 12.9. The molecule has 0 aliphatic rings. The first-order chi connectivity index (χ1) is 7.94. The van der Waals surface area contributed by atoms with Crippen molar-refractivity contribution in [1.82, 2.24) is 0 Å². The van der Waals surface area contributed by atoms with Gasteiger partial charge in [-0.05, 0) is 37.8 Å². The third-order valence-electron chi connectivity index (χ3n) is 2.74. The van der Waals surface area contributed by atoms with Gasteiger partial charge in [0.1, 0.15) is 5.75 Å². The molecule has 17 heavy (non-hydrogen) atoms. The first-order valence-electron chi connectivity index (χ1n) is 5.91. The van der Waals surface area contributed by atoms with E-state index in [9.17, 15) is 9.90 Å². The van der Waals surface area contributed by atoms with Crippen LogP contribution in [0.1, 0.15) is 33.6 Å². The molecule has 0 amide bonds. The molecule has 1 atom stereocenters. The number of hydrogen-bond acceptors (Lipinski definition) is 2. The van der Waals surface area contributed by atoms with Crippen LogP contribution in [0, 0.1) is 5.92 Å². The minimum Gasteiger partial charge on any atom is -0.478 e. The van der Waals surface area contributed by atoms with E-state index in [1.54, 1.807) is 19.1 Å². The Bertz CT molecular complexity index is 359. The highest BCUT2D eigenvalue weighted by atomic mass is 16.5. The molecular weight excluding hydrogens is 216 g/mol. The maximum Gasteiger partial charge on any atom is 0.347 e. The van der Waals surface area contributed by atoms with Gasteiger partial charge in [-0.3, -0.25) is 0 Å². The number of rotatable bonds is 6. The molecule has 3 nitrogen and oxygen atoms in total.